The molecule has 190 valence electrons. The Kier molecular flexibility index (Phi) is 10.2. The van der Waals surface area contributed by atoms with E-state index in [-0.39, 0.29) is 11.8 Å². The quantitative estimate of drug-likeness (QED) is 0.259. The molecule has 0 saturated carbocycles. The highest BCUT2D eigenvalue weighted by atomic mass is 16.5. The third-order valence-electron chi connectivity index (χ3n) is 6.83. The number of nitrogens with zero attached hydrogens (tertiary/aromatic N) is 2. The van der Waals surface area contributed by atoms with Crippen LogP contribution in [0.2, 0.25) is 0 Å². The van der Waals surface area contributed by atoms with E-state index in [1.807, 2.05) is 6.07 Å². The Balaban J connectivity index is 1.56. The summed E-state index contributed by atoms with van der Waals surface area (Å²) in [6, 6.07) is 14.8. The van der Waals surface area contributed by atoms with Gasteiger partial charge in [0, 0.05) is 18.9 Å². The lowest BCUT2D eigenvalue weighted by Gasteiger charge is -2.16. The van der Waals surface area contributed by atoms with E-state index >= 15 is 0 Å². The molecule has 0 saturated heterocycles. The van der Waals surface area contributed by atoms with E-state index in [9.17, 15) is 4.79 Å². The van der Waals surface area contributed by atoms with Gasteiger partial charge >= 0.3 is 0 Å². The highest BCUT2D eigenvalue weighted by molar-refractivity contribution is 5.78. The van der Waals surface area contributed by atoms with Crippen LogP contribution >= 0.6 is 0 Å². The predicted molar refractivity (Wildman–Crippen MR) is 145 cm³/mol. The Morgan fingerprint density at radius 2 is 1.83 bits per heavy atom. The van der Waals surface area contributed by atoms with E-state index in [4.69, 9.17) is 9.72 Å². The molecule has 35 heavy (non-hydrogen) atoms. The lowest BCUT2D eigenvalue weighted by molar-refractivity contribution is -0.125. The van der Waals surface area contributed by atoms with Crippen LogP contribution < -0.4 is 10.1 Å². The third-order valence-corrected chi connectivity index (χ3v) is 6.83. The molecule has 0 aliphatic heterocycles. The standard InChI is InChI=1S/C30H43N3O2/c1-6-24(7-2)30(34)31-18-12-8-9-15-29-32-26-13-10-11-14-27(26)33(29)19-20-35-28-21-23(5)16-17-25(28)22(3)4/h10-11,13-14,16-17,21-22,24H,6-9,12,15,18-20H2,1-5H3,(H,31,34). The molecule has 1 aromatic heterocycles. The number of hydrogen-bond acceptors (Lipinski definition) is 3. The Hall–Kier alpha value is -2.82. The summed E-state index contributed by atoms with van der Waals surface area (Å²) in [5, 5.41) is 3.10. The summed E-state index contributed by atoms with van der Waals surface area (Å²) in [6.07, 6.45) is 5.87. The molecule has 0 aliphatic carbocycles. The minimum Gasteiger partial charge on any atom is -0.491 e. The molecule has 0 aliphatic rings. The number of rotatable bonds is 14. The second kappa shape index (κ2) is 13.3. The van der Waals surface area contributed by atoms with Crippen LogP contribution in [0.1, 0.15) is 82.7 Å². The maximum absolute atomic E-state index is 12.1. The number of fused-ring (bicyclic) bond motifs is 1. The summed E-state index contributed by atoms with van der Waals surface area (Å²) in [4.78, 5) is 17.1. The number of para-hydroxylation sites is 2. The van der Waals surface area contributed by atoms with Crippen LogP contribution in [0.3, 0.4) is 0 Å². The fourth-order valence-electron chi connectivity index (χ4n) is 4.66. The number of carbonyl (C=O) groups is 1. The SMILES string of the molecule is CCC(CC)C(=O)NCCCCCc1nc2ccccc2n1CCOc1cc(C)ccc1C(C)C. The van der Waals surface area contributed by atoms with Crippen molar-refractivity contribution in [2.24, 2.45) is 5.92 Å². The summed E-state index contributed by atoms with van der Waals surface area (Å²) in [7, 11) is 0. The van der Waals surface area contributed by atoms with Gasteiger partial charge in [-0.15, -0.1) is 0 Å². The summed E-state index contributed by atoms with van der Waals surface area (Å²) in [6.45, 7) is 12.8. The monoisotopic (exact) mass is 477 g/mol. The van der Waals surface area contributed by atoms with Crippen LogP contribution in [-0.2, 0) is 17.8 Å². The van der Waals surface area contributed by atoms with Gasteiger partial charge in [-0.05, 0) is 67.9 Å². The summed E-state index contributed by atoms with van der Waals surface area (Å²) >= 11 is 0. The molecule has 0 bridgehead atoms. The number of imidazole rings is 1. The zero-order valence-corrected chi connectivity index (χ0v) is 22.3. The largest absolute Gasteiger partial charge is 0.491 e. The van der Waals surface area contributed by atoms with Crippen LogP contribution in [-0.4, -0.2) is 28.6 Å². The lowest BCUT2D eigenvalue weighted by Crippen LogP contribution is -2.30. The first-order chi connectivity index (χ1) is 16.9. The smallest absolute Gasteiger partial charge is 0.223 e. The molecule has 0 spiro atoms. The van der Waals surface area contributed by atoms with Gasteiger partial charge in [-0.3, -0.25) is 4.79 Å². The lowest BCUT2D eigenvalue weighted by atomic mass is 10.0. The molecular weight excluding hydrogens is 434 g/mol. The number of carbonyl (C=O) groups excluding carboxylic acids is 1. The van der Waals surface area contributed by atoms with E-state index in [1.54, 1.807) is 0 Å². The second-order valence-electron chi connectivity index (χ2n) is 9.83. The molecule has 1 amide bonds. The zero-order valence-electron chi connectivity index (χ0n) is 22.3. The molecule has 3 rings (SSSR count). The molecule has 1 N–H and O–H groups in total. The molecule has 0 fully saturated rings. The third kappa shape index (κ3) is 7.33. The zero-order chi connectivity index (χ0) is 25.2. The fourth-order valence-corrected chi connectivity index (χ4v) is 4.66. The number of aromatic nitrogens is 2. The minimum atomic E-state index is 0.147. The average Bonchev–Trinajstić information content (AvgIpc) is 3.19. The number of benzene rings is 2. The van der Waals surface area contributed by atoms with Gasteiger partial charge in [-0.2, -0.15) is 0 Å². The highest BCUT2D eigenvalue weighted by Gasteiger charge is 2.14. The molecule has 5 nitrogen and oxygen atoms in total. The van der Waals surface area contributed by atoms with Crippen molar-refractivity contribution in [1.29, 1.82) is 0 Å². The van der Waals surface area contributed by atoms with Crippen molar-refractivity contribution >= 4 is 16.9 Å². The Bertz CT molecular complexity index is 1080. The molecule has 0 atom stereocenters. The van der Waals surface area contributed by atoms with Crippen molar-refractivity contribution in [3.8, 4) is 5.75 Å². The van der Waals surface area contributed by atoms with Crippen LogP contribution in [0.4, 0.5) is 0 Å². The Morgan fingerprint density at radius 3 is 2.57 bits per heavy atom. The van der Waals surface area contributed by atoms with E-state index in [1.165, 1.54) is 11.1 Å². The van der Waals surface area contributed by atoms with Crippen molar-refractivity contribution in [2.75, 3.05) is 13.2 Å². The van der Waals surface area contributed by atoms with E-state index in [0.717, 1.165) is 74.2 Å². The normalized spacial score (nSPS) is 11.5. The van der Waals surface area contributed by atoms with E-state index in [0.29, 0.717) is 12.5 Å². The number of ether oxygens (including phenoxy) is 1. The highest BCUT2D eigenvalue weighted by Crippen LogP contribution is 2.27. The summed E-state index contributed by atoms with van der Waals surface area (Å²) in [5.74, 6) is 2.88. The van der Waals surface area contributed by atoms with Crippen LogP contribution in [0.25, 0.3) is 11.0 Å². The maximum Gasteiger partial charge on any atom is 0.223 e. The van der Waals surface area contributed by atoms with Crippen molar-refractivity contribution in [1.82, 2.24) is 14.9 Å². The molecule has 2 aromatic carbocycles. The molecule has 0 radical (unpaired) electrons. The van der Waals surface area contributed by atoms with Crippen molar-refractivity contribution in [2.45, 2.75) is 85.6 Å². The van der Waals surface area contributed by atoms with Gasteiger partial charge in [0.15, 0.2) is 0 Å². The Labute approximate surface area is 211 Å². The first-order valence-corrected chi connectivity index (χ1v) is 13.4. The van der Waals surface area contributed by atoms with Gasteiger partial charge in [-0.25, -0.2) is 4.98 Å². The Morgan fingerprint density at radius 1 is 1.06 bits per heavy atom. The second-order valence-corrected chi connectivity index (χ2v) is 9.83. The van der Waals surface area contributed by atoms with Gasteiger partial charge in [-0.1, -0.05) is 58.4 Å². The molecule has 1 heterocycles. The topological polar surface area (TPSA) is 56.2 Å². The first kappa shape index (κ1) is 26.8. The number of hydrogen-bond donors (Lipinski definition) is 1. The summed E-state index contributed by atoms with van der Waals surface area (Å²) in [5.41, 5.74) is 4.67. The number of aryl methyl sites for hydroxylation is 2. The fraction of sp³-hybridized carbons (Fsp3) is 0.533. The average molecular weight is 478 g/mol. The van der Waals surface area contributed by atoms with Gasteiger partial charge in [0.1, 0.15) is 18.2 Å². The minimum absolute atomic E-state index is 0.147. The predicted octanol–water partition coefficient (Wildman–Crippen LogP) is 6.81. The maximum atomic E-state index is 12.1. The first-order valence-electron chi connectivity index (χ1n) is 13.4. The van der Waals surface area contributed by atoms with Crippen molar-refractivity contribution in [3.63, 3.8) is 0 Å². The van der Waals surface area contributed by atoms with Crippen molar-refractivity contribution in [3.05, 3.63) is 59.4 Å². The van der Waals surface area contributed by atoms with E-state index < -0.39 is 0 Å². The van der Waals surface area contributed by atoms with Gasteiger partial charge in [0.05, 0.1) is 17.6 Å². The van der Waals surface area contributed by atoms with Crippen LogP contribution in [0.5, 0.6) is 5.75 Å². The van der Waals surface area contributed by atoms with Gasteiger partial charge < -0.3 is 14.6 Å². The molecule has 0 unspecified atom stereocenters. The molecular formula is C30H43N3O2. The number of nitrogens with one attached hydrogen (secondary N) is 1. The van der Waals surface area contributed by atoms with Crippen LogP contribution in [0, 0.1) is 12.8 Å². The molecule has 3 aromatic rings. The van der Waals surface area contributed by atoms with Gasteiger partial charge in [0.2, 0.25) is 5.91 Å². The van der Waals surface area contributed by atoms with E-state index in [2.05, 4.69) is 80.9 Å². The molecule has 5 heteroatoms. The van der Waals surface area contributed by atoms with Crippen molar-refractivity contribution < 1.29 is 9.53 Å². The van der Waals surface area contributed by atoms with Gasteiger partial charge in [0.25, 0.3) is 0 Å². The van der Waals surface area contributed by atoms with Crippen LogP contribution in [0.15, 0.2) is 42.5 Å². The number of amides is 1. The summed E-state index contributed by atoms with van der Waals surface area (Å²) < 4.78 is 8.60. The number of unbranched alkanes of at least 4 members (excludes halogenated alkanes) is 2.